The van der Waals surface area contributed by atoms with E-state index in [-0.39, 0.29) is 11.5 Å². The van der Waals surface area contributed by atoms with Crippen LogP contribution in [0.1, 0.15) is 34.6 Å². The highest BCUT2D eigenvalue weighted by Crippen LogP contribution is 2.28. The van der Waals surface area contributed by atoms with Crippen molar-refractivity contribution in [2.45, 2.75) is 13.8 Å². The highest BCUT2D eigenvalue weighted by Gasteiger charge is 2.12. The summed E-state index contributed by atoms with van der Waals surface area (Å²) in [6.07, 6.45) is 3.15. The van der Waals surface area contributed by atoms with Crippen molar-refractivity contribution in [3.63, 3.8) is 0 Å². The van der Waals surface area contributed by atoms with Gasteiger partial charge in [-0.05, 0) is 86.6 Å². The molecule has 0 bridgehead atoms. The maximum absolute atomic E-state index is 11.5. The number of aromatic carboxylic acids is 1. The Bertz CT molecular complexity index is 1910. The van der Waals surface area contributed by atoms with Crippen LogP contribution in [-0.2, 0) is 4.74 Å². The van der Waals surface area contributed by atoms with E-state index in [1.54, 1.807) is 48.9 Å². The highest BCUT2D eigenvalue weighted by molar-refractivity contribution is 5.90. The number of oxazole rings is 2. The standard InChI is InChI=1S/C19H17NO4.C18H15NO4/c1-3-23-16-10-8-14(9-11-16)18-20-17(12-24-18)13-4-6-15(7-5-13)19(21)22-2;1-2-22-15-9-7-13(8-10-15)17-19-16(11-23-17)12-3-5-14(6-4-12)18(20)21/h4-12H,3H2,1-2H3;3-11H,2H2,1H3,(H,20,21). The number of carbonyl (C=O) groups is 2. The fraction of sp³-hybridized carbons (Fsp3) is 0.135. The van der Waals surface area contributed by atoms with Crippen molar-refractivity contribution in [1.82, 2.24) is 9.97 Å². The molecule has 10 heteroatoms. The smallest absolute Gasteiger partial charge is 0.337 e. The van der Waals surface area contributed by atoms with Crippen LogP contribution < -0.4 is 9.47 Å². The molecule has 2 aromatic heterocycles. The summed E-state index contributed by atoms with van der Waals surface area (Å²) < 4.78 is 26.6. The van der Waals surface area contributed by atoms with Gasteiger partial charge in [0, 0.05) is 22.3 Å². The first-order chi connectivity index (χ1) is 22.9. The molecular weight excluding hydrogens is 600 g/mol. The fourth-order valence-corrected chi connectivity index (χ4v) is 4.48. The topological polar surface area (TPSA) is 134 Å². The molecule has 1 N–H and O–H groups in total. The Kier molecular flexibility index (Phi) is 10.4. The lowest BCUT2D eigenvalue weighted by atomic mass is 10.1. The van der Waals surface area contributed by atoms with E-state index in [9.17, 15) is 9.59 Å². The van der Waals surface area contributed by atoms with Gasteiger partial charge in [0.15, 0.2) is 0 Å². The van der Waals surface area contributed by atoms with E-state index in [0.717, 1.165) is 33.8 Å². The summed E-state index contributed by atoms with van der Waals surface area (Å²) in [7, 11) is 1.36. The second-order valence-corrected chi connectivity index (χ2v) is 9.94. The maximum atomic E-state index is 11.5. The van der Waals surface area contributed by atoms with Crippen molar-refractivity contribution in [2.24, 2.45) is 0 Å². The summed E-state index contributed by atoms with van der Waals surface area (Å²) in [6.45, 7) is 5.13. The molecule has 10 nitrogen and oxygen atoms in total. The molecular formula is C37H32N2O8. The minimum atomic E-state index is -0.952. The lowest BCUT2D eigenvalue weighted by molar-refractivity contribution is 0.0599. The minimum Gasteiger partial charge on any atom is -0.494 e. The first-order valence-corrected chi connectivity index (χ1v) is 14.8. The Morgan fingerprint density at radius 2 is 0.979 bits per heavy atom. The van der Waals surface area contributed by atoms with Crippen molar-refractivity contribution in [1.29, 1.82) is 0 Å². The molecule has 6 aromatic rings. The van der Waals surface area contributed by atoms with Crippen LogP contribution in [0.2, 0.25) is 0 Å². The number of esters is 1. The zero-order valence-electron chi connectivity index (χ0n) is 26.0. The van der Waals surface area contributed by atoms with Crippen LogP contribution in [0.25, 0.3) is 45.4 Å². The third-order valence-electron chi connectivity index (χ3n) is 6.86. The number of methoxy groups -OCH3 is 1. The molecule has 0 aliphatic carbocycles. The van der Waals surface area contributed by atoms with Crippen LogP contribution in [0.4, 0.5) is 0 Å². The molecule has 0 spiro atoms. The quantitative estimate of drug-likeness (QED) is 0.147. The number of carboxylic acids is 1. The summed E-state index contributed by atoms with van der Waals surface area (Å²) >= 11 is 0. The summed E-state index contributed by atoms with van der Waals surface area (Å²) in [5.41, 5.74) is 5.49. The monoisotopic (exact) mass is 632 g/mol. The molecule has 0 saturated carbocycles. The predicted octanol–water partition coefficient (Wildman–Crippen LogP) is 8.30. The largest absolute Gasteiger partial charge is 0.494 e. The van der Waals surface area contributed by atoms with E-state index in [2.05, 4.69) is 14.7 Å². The molecule has 0 amide bonds. The van der Waals surface area contributed by atoms with E-state index in [4.69, 9.17) is 23.4 Å². The molecule has 0 fully saturated rings. The van der Waals surface area contributed by atoms with Gasteiger partial charge in [0.05, 0.1) is 31.5 Å². The Morgan fingerprint density at radius 3 is 1.34 bits per heavy atom. The van der Waals surface area contributed by atoms with Gasteiger partial charge >= 0.3 is 11.9 Å². The molecule has 0 aliphatic rings. The molecule has 0 aliphatic heterocycles. The number of hydrogen-bond donors (Lipinski definition) is 1. The molecule has 2 heterocycles. The SMILES string of the molecule is CCOc1ccc(-c2nc(-c3ccc(C(=O)O)cc3)co2)cc1.CCOc1ccc(-c2nc(-c3ccc(C(=O)OC)cc3)co2)cc1. The Morgan fingerprint density at radius 1 is 0.596 bits per heavy atom. The summed E-state index contributed by atoms with van der Waals surface area (Å²) in [6, 6.07) is 28.6. The lowest BCUT2D eigenvalue weighted by Gasteiger charge is -2.02. The van der Waals surface area contributed by atoms with Crippen LogP contribution >= 0.6 is 0 Å². The second kappa shape index (κ2) is 15.2. The Labute approximate surface area is 271 Å². The summed E-state index contributed by atoms with van der Waals surface area (Å²) in [5.74, 6) is 1.33. The molecule has 6 rings (SSSR count). The minimum absolute atomic E-state index is 0.240. The fourth-order valence-electron chi connectivity index (χ4n) is 4.48. The number of carboxylic acid groups (broad SMARTS) is 1. The maximum Gasteiger partial charge on any atom is 0.337 e. The van der Waals surface area contributed by atoms with E-state index in [1.807, 2.05) is 74.5 Å². The van der Waals surface area contributed by atoms with Gasteiger partial charge in [-0.2, -0.15) is 0 Å². The van der Waals surface area contributed by atoms with E-state index in [0.29, 0.717) is 41.9 Å². The number of aromatic nitrogens is 2. The Balaban J connectivity index is 0.000000185. The number of nitrogens with zero attached hydrogens (tertiary/aromatic N) is 2. The zero-order chi connectivity index (χ0) is 33.2. The third-order valence-corrected chi connectivity index (χ3v) is 6.86. The van der Waals surface area contributed by atoms with Gasteiger partial charge in [0.1, 0.15) is 35.4 Å². The Hall–Kier alpha value is -6.16. The number of rotatable bonds is 10. The van der Waals surface area contributed by atoms with Gasteiger partial charge in [-0.1, -0.05) is 24.3 Å². The van der Waals surface area contributed by atoms with Crippen LogP contribution in [0, 0.1) is 0 Å². The molecule has 0 radical (unpaired) electrons. The third kappa shape index (κ3) is 8.12. The summed E-state index contributed by atoms with van der Waals surface area (Å²) in [5, 5.41) is 8.92. The van der Waals surface area contributed by atoms with Gasteiger partial charge in [0.2, 0.25) is 11.8 Å². The van der Waals surface area contributed by atoms with Crippen molar-refractivity contribution in [3.05, 3.63) is 121 Å². The van der Waals surface area contributed by atoms with Gasteiger partial charge in [-0.25, -0.2) is 19.6 Å². The number of carbonyl (C=O) groups excluding carboxylic acids is 1. The molecule has 0 unspecified atom stereocenters. The number of benzene rings is 4. The van der Waals surface area contributed by atoms with Crippen molar-refractivity contribution >= 4 is 11.9 Å². The average molecular weight is 633 g/mol. The molecule has 0 saturated heterocycles. The first-order valence-electron chi connectivity index (χ1n) is 14.8. The van der Waals surface area contributed by atoms with Crippen molar-refractivity contribution < 1.29 is 37.7 Å². The van der Waals surface area contributed by atoms with Crippen molar-refractivity contribution in [3.8, 4) is 56.9 Å². The van der Waals surface area contributed by atoms with Crippen LogP contribution in [0.15, 0.2) is 118 Å². The van der Waals surface area contributed by atoms with Gasteiger partial charge < -0.3 is 28.2 Å². The van der Waals surface area contributed by atoms with Crippen LogP contribution in [-0.4, -0.2) is 47.3 Å². The second-order valence-electron chi connectivity index (χ2n) is 9.94. The van der Waals surface area contributed by atoms with Crippen LogP contribution in [0.3, 0.4) is 0 Å². The normalized spacial score (nSPS) is 10.4. The number of ether oxygens (including phenoxy) is 3. The van der Waals surface area contributed by atoms with Gasteiger partial charge in [-0.3, -0.25) is 0 Å². The average Bonchev–Trinajstić information content (AvgIpc) is 3.81. The van der Waals surface area contributed by atoms with Gasteiger partial charge in [0.25, 0.3) is 0 Å². The zero-order valence-corrected chi connectivity index (χ0v) is 26.0. The molecule has 47 heavy (non-hydrogen) atoms. The number of hydrogen-bond acceptors (Lipinski definition) is 9. The van der Waals surface area contributed by atoms with E-state index in [1.165, 1.54) is 7.11 Å². The predicted molar refractivity (Wildman–Crippen MR) is 175 cm³/mol. The van der Waals surface area contributed by atoms with Crippen molar-refractivity contribution in [2.75, 3.05) is 20.3 Å². The van der Waals surface area contributed by atoms with E-state index < -0.39 is 5.97 Å². The molecule has 4 aromatic carbocycles. The first kappa shape index (κ1) is 32.2. The lowest BCUT2D eigenvalue weighted by Crippen LogP contribution is -2.00. The van der Waals surface area contributed by atoms with Gasteiger partial charge in [-0.15, -0.1) is 0 Å². The summed E-state index contributed by atoms with van der Waals surface area (Å²) in [4.78, 5) is 31.3. The highest BCUT2D eigenvalue weighted by atomic mass is 16.5. The molecule has 0 atom stereocenters. The molecule has 238 valence electrons. The van der Waals surface area contributed by atoms with Crippen LogP contribution in [0.5, 0.6) is 11.5 Å². The van der Waals surface area contributed by atoms with E-state index >= 15 is 0 Å².